The molecular formula is C15H17ClN2O2. The van der Waals surface area contributed by atoms with Crippen LogP contribution in [-0.2, 0) is 6.61 Å². The van der Waals surface area contributed by atoms with Crippen LogP contribution in [-0.4, -0.2) is 15.6 Å². The summed E-state index contributed by atoms with van der Waals surface area (Å²) >= 11 is 5.97. The van der Waals surface area contributed by atoms with E-state index in [4.69, 9.17) is 11.6 Å². The van der Waals surface area contributed by atoms with Gasteiger partial charge in [0.15, 0.2) is 0 Å². The van der Waals surface area contributed by atoms with Gasteiger partial charge in [-0.1, -0.05) is 29.8 Å². The minimum atomic E-state index is -0.244. The van der Waals surface area contributed by atoms with Crippen molar-refractivity contribution in [3.63, 3.8) is 0 Å². The van der Waals surface area contributed by atoms with Crippen molar-refractivity contribution in [2.24, 2.45) is 0 Å². The summed E-state index contributed by atoms with van der Waals surface area (Å²) in [5.41, 5.74) is 1.78. The molecule has 0 radical (unpaired) electrons. The highest BCUT2D eigenvalue weighted by Crippen LogP contribution is 2.21. The maximum atomic E-state index is 12.3. The molecule has 2 rings (SSSR count). The molecule has 4 nitrogen and oxygen atoms in total. The second-order valence-electron chi connectivity index (χ2n) is 4.81. The first-order valence-corrected chi connectivity index (χ1v) is 6.78. The average molecular weight is 293 g/mol. The lowest BCUT2D eigenvalue weighted by Gasteiger charge is -2.14. The number of para-hydroxylation sites is 1. The number of nitrogens with zero attached hydrogens (tertiary/aromatic N) is 1. The summed E-state index contributed by atoms with van der Waals surface area (Å²) in [6.07, 6.45) is 1.74. The first kappa shape index (κ1) is 14.6. The largest absolute Gasteiger partial charge is 0.392 e. The molecular weight excluding hydrogens is 276 g/mol. The van der Waals surface area contributed by atoms with Crippen LogP contribution < -0.4 is 5.32 Å². The maximum absolute atomic E-state index is 12.3. The van der Waals surface area contributed by atoms with Crippen LogP contribution in [0.3, 0.4) is 0 Å². The number of aromatic nitrogens is 1. The first-order valence-electron chi connectivity index (χ1n) is 6.40. The number of aliphatic hydroxyl groups is 1. The van der Waals surface area contributed by atoms with Crippen molar-refractivity contribution in [2.45, 2.75) is 26.5 Å². The number of carbonyl (C=O) groups is 1. The van der Waals surface area contributed by atoms with E-state index in [0.717, 1.165) is 0 Å². The molecule has 1 aromatic carbocycles. The summed E-state index contributed by atoms with van der Waals surface area (Å²) in [6.45, 7) is 3.84. The van der Waals surface area contributed by atoms with Crippen molar-refractivity contribution in [2.75, 3.05) is 5.32 Å². The van der Waals surface area contributed by atoms with Crippen molar-refractivity contribution in [1.82, 2.24) is 4.57 Å². The molecule has 2 aromatic rings. The zero-order valence-corrected chi connectivity index (χ0v) is 12.2. The Bertz CT molecular complexity index is 620. The number of anilines is 1. The molecule has 20 heavy (non-hydrogen) atoms. The van der Waals surface area contributed by atoms with E-state index in [-0.39, 0.29) is 18.6 Å². The van der Waals surface area contributed by atoms with E-state index < -0.39 is 0 Å². The number of hydrogen-bond acceptors (Lipinski definition) is 2. The predicted molar refractivity (Wildman–Crippen MR) is 80.1 cm³/mol. The normalized spacial score (nSPS) is 10.8. The monoisotopic (exact) mass is 292 g/mol. The third-order valence-electron chi connectivity index (χ3n) is 3.04. The maximum Gasteiger partial charge on any atom is 0.272 e. The number of halogens is 1. The number of rotatable bonds is 4. The molecule has 0 unspecified atom stereocenters. The zero-order valence-electron chi connectivity index (χ0n) is 11.4. The number of amides is 1. The van der Waals surface area contributed by atoms with Crippen molar-refractivity contribution >= 4 is 23.2 Å². The van der Waals surface area contributed by atoms with Crippen LogP contribution in [0.15, 0.2) is 36.5 Å². The smallest absolute Gasteiger partial charge is 0.272 e. The fraction of sp³-hybridized carbons (Fsp3) is 0.267. The lowest BCUT2D eigenvalue weighted by atomic mass is 10.2. The topological polar surface area (TPSA) is 54.3 Å². The molecule has 0 aliphatic carbocycles. The molecule has 1 amide bonds. The van der Waals surface area contributed by atoms with Gasteiger partial charge in [-0.15, -0.1) is 0 Å². The Morgan fingerprint density at radius 1 is 1.40 bits per heavy atom. The number of benzene rings is 1. The second-order valence-corrected chi connectivity index (χ2v) is 5.25. The van der Waals surface area contributed by atoms with Gasteiger partial charge in [0.2, 0.25) is 0 Å². The van der Waals surface area contributed by atoms with Crippen molar-refractivity contribution in [1.29, 1.82) is 0 Å². The van der Waals surface area contributed by atoms with Gasteiger partial charge >= 0.3 is 0 Å². The fourth-order valence-electron chi connectivity index (χ4n) is 2.02. The Labute approximate surface area is 123 Å². The SMILES string of the molecule is CC(C)n1cc(Cl)cc1C(=O)Nc1ccccc1CO. The molecule has 0 saturated heterocycles. The molecule has 0 atom stereocenters. The lowest BCUT2D eigenvalue weighted by Crippen LogP contribution is -2.18. The Morgan fingerprint density at radius 3 is 2.75 bits per heavy atom. The Hall–Kier alpha value is -1.78. The van der Waals surface area contributed by atoms with Crippen LogP contribution in [0.4, 0.5) is 5.69 Å². The van der Waals surface area contributed by atoms with Gasteiger partial charge in [0.05, 0.1) is 11.6 Å². The summed E-state index contributed by atoms with van der Waals surface area (Å²) in [5, 5.41) is 12.6. The van der Waals surface area contributed by atoms with Crippen LogP contribution in [0.25, 0.3) is 0 Å². The number of carbonyl (C=O) groups excluding carboxylic acids is 1. The van der Waals surface area contributed by atoms with Crippen LogP contribution in [0.5, 0.6) is 0 Å². The van der Waals surface area contributed by atoms with E-state index in [0.29, 0.717) is 22.0 Å². The summed E-state index contributed by atoms with van der Waals surface area (Å²) < 4.78 is 1.82. The Balaban J connectivity index is 2.28. The number of hydrogen-bond donors (Lipinski definition) is 2. The van der Waals surface area contributed by atoms with E-state index in [9.17, 15) is 9.90 Å². The van der Waals surface area contributed by atoms with Crippen LogP contribution in [0.1, 0.15) is 35.9 Å². The van der Waals surface area contributed by atoms with Gasteiger partial charge < -0.3 is 15.0 Å². The highest BCUT2D eigenvalue weighted by molar-refractivity contribution is 6.31. The van der Waals surface area contributed by atoms with E-state index in [1.807, 2.05) is 30.5 Å². The molecule has 0 saturated carbocycles. The summed E-state index contributed by atoms with van der Waals surface area (Å²) in [5.74, 6) is -0.244. The standard InChI is InChI=1S/C15H17ClN2O2/c1-10(2)18-8-12(16)7-14(18)15(20)17-13-6-4-3-5-11(13)9-19/h3-8,10,19H,9H2,1-2H3,(H,17,20). The van der Waals surface area contributed by atoms with Gasteiger partial charge in [0, 0.05) is 23.5 Å². The van der Waals surface area contributed by atoms with Crippen LogP contribution in [0, 0.1) is 0 Å². The molecule has 0 spiro atoms. The third-order valence-corrected chi connectivity index (χ3v) is 3.25. The highest BCUT2D eigenvalue weighted by atomic mass is 35.5. The van der Waals surface area contributed by atoms with Gasteiger partial charge in [0.1, 0.15) is 5.69 Å². The average Bonchev–Trinajstić information content (AvgIpc) is 2.82. The van der Waals surface area contributed by atoms with E-state index in [1.54, 1.807) is 24.4 Å². The predicted octanol–water partition coefficient (Wildman–Crippen LogP) is 3.47. The molecule has 5 heteroatoms. The molecule has 106 valence electrons. The first-order chi connectivity index (χ1) is 9.52. The molecule has 0 aliphatic rings. The lowest BCUT2D eigenvalue weighted by molar-refractivity contribution is 0.101. The third kappa shape index (κ3) is 3.03. The van der Waals surface area contributed by atoms with Crippen molar-refractivity contribution in [3.05, 3.63) is 52.8 Å². The van der Waals surface area contributed by atoms with Gasteiger partial charge in [-0.25, -0.2) is 0 Å². The van der Waals surface area contributed by atoms with Crippen molar-refractivity contribution in [3.8, 4) is 0 Å². The summed E-state index contributed by atoms with van der Waals surface area (Å²) in [4.78, 5) is 12.3. The Kier molecular flexibility index (Phi) is 4.47. The number of nitrogens with one attached hydrogen (secondary N) is 1. The van der Waals surface area contributed by atoms with Gasteiger partial charge in [-0.3, -0.25) is 4.79 Å². The summed E-state index contributed by atoms with van der Waals surface area (Å²) in [7, 11) is 0. The zero-order chi connectivity index (χ0) is 14.7. The quantitative estimate of drug-likeness (QED) is 0.906. The second kappa shape index (κ2) is 6.11. The van der Waals surface area contributed by atoms with Crippen LogP contribution >= 0.6 is 11.6 Å². The van der Waals surface area contributed by atoms with E-state index >= 15 is 0 Å². The van der Waals surface area contributed by atoms with Crippen molar-refractivity contribution < 1.29 is 9.90 Å². The van der Waals surface area contributed by atoms with Crippen LogP contribution in [0.2, 0.25) is 5.02 Å². The summed E-state index contributed by atoms with van der Waals surface area (Å²) in [6, 6.07) is 8.92. The Morgan fingerprint density at radius 2 is 2.10 bits per heavy atom. The highest BCUT2D eigenvalue weighted by Gasteiger charge is 2.16. The number of aliphatic hydroxyl groups excluding tert-OH is 1. The molecule has 1 aromatic heterocycles. The molecule has 2 N–H and O–H groups in total. The fourth-order valence-corrected chi connectivity index (χ4v) is 2.23. The van der Waals surface area contributed by atoms with E-state index in [1.165, 1.54) is 0 Å². The van der Waals surface area contributed by atoms with Gasteiger partial charge in [-0.05, 0) is 26.0 Å². The van der Waals surface area contributed by atoms with Gasteiger partial charge in [-0.2, -0.15) is 0 Å². The van der Waals surface area contributed by atoms with Gasteiger partial charge in [0.25, 0.3) is 5.91 Å². The van der Waals surface area contributed by atoms with E-state index in [2.05, 4.69) is 5.32 Å². The molecule has 0 aliphatic heterocycles. The molecule has 1 heterocycles. The molecule has 0 fully saturated rings. The molecule has 0 bridgehead atoms. The minimum Gasteiger partial charge on any atom is -0.392 e. The minimum absolute atomic E-state index is 0.123.